The molecule has 4 aromatic rings. The lowest BCUT2D eigenvalue weighted by molar-refractivity contribution is 0.0948. The van der Waals surface area contributed by atoms with Crippen LogP contribution in [0, 0.1) is 6.92 Å². The van der Waals surface area contributed by atoms with E-state index >= 15 is 0 Å². The van der Waals surface area contributed by atoms with Crippen molar-refractivity contribution in [3.63, 3.8) is 0 Å². The predicted octanol–water partition coefficient (Wildman–Crippen LogP) is 5.25. The number of nitrogens with two attached hydrogens (primary N) is 1. The van der Waals surface area contributed by atoms with Crippen LogP contribution in [0.25, 0.3) is 5.00 Å². The molecule has 10 heteroatoms. The topological polar surface area (TPSA) is 103 Å². The number of anilines is 1. The van der Waals surface area contributed by atoms with Crippen LogP contribution in [0.3, 0.4) is 0 Å². The number of amides is 1. The third-order valence-electron chi connectivity index (χ3n) is 5.24. The average molecular weight is 514 g/mol. The van der Waals surface area contributed by atoms with E-state index in [1.807, 2.05) is 13.0 Å². The summed E-state index contributed by atoms with van der Waals surface area (Å²) < 4.78 is 1.80. The van der Waals surface area contributed by atoms with Gasteiger partial charge >= 0.3 is 0 Å². The van der Waals surface area contributed by atoms with Crippen LogP contribution >= 0.6 is 34.5 Å². The van der Waals surface area contributed by atoms with Crippen LogP contribution in [0.4, 0.5) is 5.69 Å². The molecule has 0 unspecified atom stereocenters. The fourth-order valence-electron chi connectivity index (χ4n) is 3.46. The summed E-state index contributed by atoms with van der Waals surface area (Å²) in [5, 5.41) is 12.7. The number of hydrogen-bond acceptors (Lipinski definition) is 6. The Morgan fingerprint density at radius 3 is 2.53 bits per heavy atom. The van der Waals surface area contributed by atoms with Crippen LogP contribution in [-0.2, 0) is 13.0 Å². The van der Waals surface area contributed by atoms with Crippen molar-refractivity contribution in [2.24, 2.45) is 0 Å². The van der Waals surface area contributed by atoms with E-state index in [1.165, 1.54) is 17.4 Å². The summed E-state index contributed by atoms with van der Waals surface area (Å²) in [6.45, 7) is 3.92. The highest BCUT2D eigenvalue weighted by Gasteiger charge is 2.24. The third-order valence-corrected chi connectivity index (χ3v) is 7.17. The van der Waals surface area contributed by atoms with Crippen molar-refractivity contribution in [1.82, 2.24) is 20.1 Å². The molecule has 0 bridgehead atoms. The second-order valence-corrected chi connectivity index (χ2v) is 9.44. The number of halogens is 2. The normalized spacial score (nSPS) is 10.9. The van der Waals surface area contributed by atoms with Crippen LogP contribution in [0.15, 0.2) is 48.5 Å². The summed E-state index contributed by atoms with van der Waals surface area (Å²) in [5.41, 5.74) is 7.44. The van der Waals surface area contributed by atoms with Crippen molar-refractivity contribution < 1.29 is 9.59 Å². The number of hydrogen-bond donors (Lipinski definition) is 2. The van der Waals surface area contributed by atoms with E-state index in [2.05, 4.69) is 15.5 Å². The number of ketones is 1. The van der Waals surface area contributed by atoms with Gasteiger partial charge in [0.2, 0.25) is 0 Å². The SMILES string of the molecule is CCc1cc(C(=O)c2ccccc2Cl)c(-n2c(C)nnc2CNC(=O)c2ccc(Cl)c(N)c2)s1. The van der Waals surface area contributed by atoms with Gasteiger partial charge in [0.25, 0.3) is 5.91 Å². The zero-order chi connectivity index (χ0) is 24.4. The lowest BCUT2D eigenvalue weighted by atomic mass is 10.0. The fraction of sp³-hybridized carbons (Fsp3) is 0.167. The van der Waals surface area contributed by atoms with Crippen molar-refractivity contribution in [1.29, 1.82) is 0 Å². The number of carbonyl (C=O) groups excluding carboxylic acids is 2. The molecule has 0 fully saturated rings. The molecule has 1 amide bonds. The standard InChI is InChI=1S/C24H21Cl2N5O2S/c1-3-15-11-17(22(32)16-6-4-5-7-18(16)25)24(34-15)31-13(2)29-30-21(31)12-28-23(33)14-8-9-19(26)20(27)10-14/h4-11H,3,12,27H2,1-2H3,(H,28,33). The number of rotatable bonds is 7. The molecular weight excluding hydrogens is 493 g/mol. The number of benzene rings is 2. The van der Waals surface area contributed by atoms with Gasteiger partial charge in [0.05, 0.1) is 27.8 Å². The van der Waals surface area contributed by atoms with Gasteiger partial charge in [-0.15, -0.1) is 21.5 Å². The van der Waals surface area contributed by atoms with Crippen LogP contribution < -0.4 is 11.1 Å². The Kier molecular flexibility index (Phi) is 7.02. The van der Waals surface area contributed by atoms with Gasteiger partial charge in [0.15, 0.2) is 11.6 Å². The molecule has 2 aromatic carbocycles. The van der Waals surface area contributed by atoms with Gasteiger partial charge in [0.1, 0.15) is 10.8 Å². The van der Waals surface area contributed by atoms with Crippen LogP contribution in [-0.4, -0.2) is 26.5 Å². The smallest absolute Gasteiger partial charge is 0.251 e. The van der Waals surface area contributed by atoms with E-state index < -0.39 is 0 Å². The van der Waals surface area contributed by atoms with E-state index in [0.29, 0.717) is 49.1 Å². The summed E-state index contributed by atoms with van der Waals surface area (Å²) in [7, 11) is 0. The summed E-state index contributed by atoms with van der Waals surface area (Å²) in [4.78, 5) is 27.1. The van der Waals surface area contributed by atoms with Crippen molar-refractivity contribution in [2.75, 3.05) is 5.73 Å². The van der Waals surface area contributed by atoms with Crippen molar-refractivity contribution >= 4 is 51.9 Å². The van der Waals surface area contributed by atoms with Gasteiger partial charge in [-0.1, -0.05) is 42.3 Å². The van der Waals surface area contributed by atoms with Gasteiger partial charge in [-0.05, 0) is 49.7 Å². The minimum atomic E-state index is -0.330. The Morgan fingerprint density at radius 2 is 1.82 bits per heavy atom. The van der Waals surface area contributed by atoms with E-state index in [0.717, 1.165) is 11.3 Å². The van der Waals surface area contributed by atoms with E-state index in [1.54, 1.807) is 47.9 Å². The highest BCUT2D eigenvalue weighted by atomic mass is 35.5. The first-order valence-corrected chi connectivity index (χ1v) is 12.0. The summed E-state index contributed by atoms with van der Waals surface area (Å²) in [6.07, 6.45) is 0.763. The molecule has 0 saturated carbocycles. The highest BCUT2D eigenvalue weighted by Crippen LogP contribution is 2.32. The number of aryl methyl sites for hydroxylation is 2. The molecule has 0 radical (unpaired) electrons. The zero-order valence-electron chi connectivity index (χ0n) is 18.4. The Bertz CT molecular complexity index is 1400. The molecule has 34 heavy (non-hydrogen) atoms. The van der Waals surface area contributed by atoms with Gasteiger partial charge < -0.3 is 11.1 Å². The highest BCUT2D eigenvalue weighted by molar-refractivity contribution is 7.15. The Hall–Kier alpha value is -3.20. The van der Waals surface area contributed by atoms with Gasteiger partial charge in [-0.3, -0.25) is 14.2 Å². The molecule has 0 aliphatic rings. The fourth-order valence-corrected chi connectivity index (χ4v) is 4.95. The molecule has 3 N–H and O–H groups in total. The molecule has 174 valence electrons. The molecular formula is C24H21Cl2N5O2S. The maximum Gasteiger partial charge on any atom is 0.251 e. The maximum absolute atomic E-state index is 13.4. The van der Waals surface area contributed by atoms with E-state index in [9.17, 15) is 9.59 Å². The number of nitrogens with one attached hydrogen (secondary N) is 1. The molecule has 0 aliphatic carbocycles. The molecule has 0 saturated heterocycles. The molecule has 0 aliphatic heterocycles. The average Bonchev–Trinajstić information content (AvgIpc) is 3.41. The first-order valence-electron chi connectivity index (χ1n) is 10.5. The largest absolute Gasteiger partial charge is 0.398 e. The minimum absolute atomic E-state index is 0.0985. The summed E-state index contributed by atoms with van der Waals surface area (Å²) in [5.74, 6) is 0.572. The van der Waals surface area contributed by atoms with Gasteiger partial charge in [0, 0.05) is 16.0 Å². The molecule has 0 atom stereocenters. The number of nitrogens with zero attached hydrogens (tertiary/aromatic N) is 3. The van der Waals surface area contributed by atoms with Crippen molar-refractivity contribution in [3.05, 3.63) is 91.8 Å². The Balaban J connectivity index is 1.67. The number of aromatic nitrogens is 3. The van der Waals surface area contributed by atoms with E-state index in [4.69, 9.17) is 28.9 Å². The lowest BCUT2D eigenvalue weighted by Gasteiger charge is -2.11. The molecule has 2 aromatic heterocycles. The summed E-state index contributed by atoms with van der Waals surface area (Å²) in [6, 6.07) is 13.5. The van der Waals surface area contributed by atoms with Gasteiger partial charge in [-0.2, -0.15) is 0 Å². The maximum atomic E-state index is 13.4. The number of thiophene rings is 1. The Morgan fingerprint density at radius 1 is 1.06 bits per heavy atom. The Labute approximate surface area is 210 Å². The third kappa shape index (κ3) is 4.70. The predicted molar refractivity (Wildman–Crippen MR) is 135 cm³/mol. The van der Waals surface area contributed by atoms with Crippen LogP contribution in [0.5, 0.6) is 0 Å². The second-order valence-electron chi connectivity index (χ2n) is 7.51. The summed E-state index contributed by atoms with van der Waals surface area (Å²) >= 11 is 13.7. The molecule has 2 heterocycles. The molecule has 4 rings (SSSR count). The lowest BCUT2D eigenvalue weighted by Crippen LogP contribution is -2.25. The quantitative estimate of drug-likeness (QED) is 0.259. The number of carbonyl (C=O) groups is 2. The molecule has 7 nitrogen and oxygen atoms in total. The minimum Gasteiger partial charge on any atom is -0.398 e. The first kappa shape index (κ1) is 23.9. The monoisotopic (exact) mass is 513 g/mol. The zero-order valence-corrected chi connectivity index (χ0v) is 20.8. The second kappa shape index (κ2) is 9.97. The van der Waals surface area contributed by atoms with Crippen molar-refractivity contribution in [2.45, 2.75) is 26.8 Å². The first-order chi connectivity index (χ1) is 16.3. The van der Waals surface area contributed by atoms with E-state index in [-0.39, 0.29) is 18.2 Å². The van der Waals surface area contributed by atoms with Gasteiger partial charge in [-0.25, -0.2) is 0 Å². The van der Waals surface area contributed by atoms with Crippen molar-refractivity contribution in [3.8, 4) is 5.00 Å². The molecule has 0 spiro atoms. The van der Waals surface area contributed by atoms with Crippen LogP contribution in [0.2, 0.25) is 10.0 Å². The van der Waals surface area contributed by atoms with Crippen LogP contribution in [0.1, 0.15) is 49.7 Å². The number of nitrogen functional groups attached to an aromatic ring is 1.